The van der Waals surface area contributed by atoms with Gasteiger partial charge in [-0.25, -0.2) is 9.07 Å². The number of rotatable bonds is 3. The monoisotopic (exact) mass is 256 g/mol. The zero-order chi connectivity index (χ0) is 13.0. The van der Waals surface area contributed by atoms with Crippen LogP contribution in [0.15, 0.2) is 24.3 Å². The second kappa shape index (κ2) is 3.92. The predicted octanol–water partition coefficient (Wildman–Crippen LogP) is 4.07. The maximum absolute atomic E-state index is 14.2. The number of aryl methyl sites for hydroxylation is 1. The van der Waals surface area contributed by atoms with E-state index in [1.807, 2.05) is 23.7 Å². The molecule has 19 heavy (non-hydrogen) atoms. The molecule has 2 fully saturated rings. The lowest BCUT2D eigenvalue weighted by atomic mass is 10.2. The molecule has 0 amide bonds. The highest BCUT2D eigenvalue weighted by atomic mass is 19.1. The van der Waals surface area contributed by atoms with Gasteiger partial charge in [-0.1, -0.05) is 6.07 Å². The summed E-state index contributed by atoms with van der Waals surface area (Å²) in [6.07, 6.45) is 4.89. The van der Waals surface area contributed by atoms with Gasteiger partial charge in [0.15, 0.2) is 0 Å². The van der Waals surface area contributed by atoms with E-state index in [1.54, 1.807) is 6.07 Å². The molecule has 0 spiro atoms. The molecule has 1 aromatic carbocycles. The average molecular weight is 256 g/mol. The summed E-state index contributed by atoms with van der Waals surface area (Å²) in [5.74, 6) is 1.03. The minimum absolute atomic E-state index is 0.174. The maximum atomic E-state index is 14.2. The van der Waals surface area contributed by atoms with E-state index in [0.29, 0.717) is 17.5 Å². The Morgan fingerprint density at radius 1 is 1.11 bits per heavy atom. The average Bonchev–Trinajstić information content (AvgIpc) is 3.28. The molecule has 98 valence electrons. The summed E-state index contributed by atoms with van der Waals surface area (Å²) in [5.41, 5.74) is 3.90. The number of nitrogens with zero attached hydrogens (tertiary/aromatic N) is 2. The molecule has 0 N–H and O–H groups in total. The third kappa shape index (κ3) is 1.97. The molecular formula is C16H17FN2. The van der Waals surface area contributed by atoms with Gasteiger partial charge in [0.2, 0.25) is 0 Å². The molecular weight excluding hydrogens is 239 g/mol. The Hall–Kier alpha value is -1.64. The summed E-state index contributed by atoms with van der Waals surface area (Å²) in [4.78, 5) is 0. The van der Waals surface area contributed by atoms with Crippen LogP contribution in [0.1, 0.15) is 54.5 Å². The summed E-state index contributed by atoms with van der Waals surface area (Å²) < 4.78 is 16.0. The Labute approximate surface area is 112 Å². The van der Waals surface area contributed by atoms with Gasteiger partial charge in [-0.05, 0) is 56.4 Å². The first-order valence-corrected chi connectivity index (χ1v) is 7.09. The van der Waals surface area contributed by atoms with Gasteiger partial charge < -0.3 is 0 Å². The SMILES string of the molecule is Cc1ccc(-n2nc(C3CC3)cc2C2CC2)c(F)c1. The van der Waals surface area contributed by atoms with Crippen molar-refractivity contribution in [3.05, 3.63) is 47.0 Å². The Kier molecular flexibility index (Phi) is 2.32. The van der Waals surface area contributed by atoms with Crippen molar-refractivity contribution in [2.45, 2.75) is 44.4 Å². The highest BCUT2D eigenvalue weighted by molar-refractivity contribution is 5.39. The highest BCUT2D eigenvalue weighted by Crippen LogP contribution is 2.45. The molecule has 0 aliphatic heterocycles. The van der Waals surface area contributed by atoms with Gasteiger partial charge in [-0.3, -0.25) is 0 Å². The highest BCUT2D eigenvalue weighted by Gasteiger charge is 2.33. The molecule has 2 aromatic rings. The van der Waals surface area contributed by atoms with E-state index in [9.17, 15) is 4.39 Å². The van der Waals surface area contributed by atoms with E-state index in [1.165, 1.54) is 31.4 Å². The summed E-state index contributed by atoms with van der Waals surface area (Å²) >= 11 is 0. The van der Waals surface area contributed by atoms with E-state index in [0.717, 1.165) is 11.3 Å². The number of hydrogen-bond donors (Lipinski definition) is 0. The first-order chi connectivity index (χ1) is 9.22. The minimum atomic E-state index is -0.174. The van der Waals surface area contributed by atoms with Crippen molar-refractivity contribution in [2.24, 2.45) is 0 Å². The molecule has 1 aromatic heterocycles. The Balaban J connectivity index is 1.83. The first kappa shape index (κ1) is 11.2. The molecule has 0 unspecified atom stereocenters. The van der Waals surface area contributed by atoms with Crippen molar-refractivity contribution in [3.63, 3.8) is 0 Å². The molecule has 2 aliphatic rings. The largest absolute Gasteiger partial charge is 0.234 e. The van der Waals surface area contributed by atoms with Crippen LogP contribution in [0.25, 0.3) is 5.69 Å². The van der Waals surface area contributed by atoms with Gasteiger partial charge in [0.25, 0.3) is 0 Å². The first-order valence-electron chi connectivity index (χ1n) is 7.09. The maximum Gasteiger partial charge on any atom is 0.149 e. The zero-order valence-corrected chi connectivity index (χ0v) is 11.1. The fourth-order valence-electron chi connectivity index (χ4n) is 2.64. The van der Waals surface area contributed by atoms with Crippen LogP contribution in [0.5, 0.6) is 0 Å². The molecule has 3 heteroatoms. The van der Waals surface area contributed by atoms with Gasteiger partial charge in [-0.15, -0.1) is 0 Å². The zero-order valence-electron chi connectivity index (χ0n) is 11.1. The Morgan fingerprint density at radius 3 is 2.47 bits per heavy atom. The standard InChI is InChI=1S/C16H17FN2/c1-10-2-7-15(13(17)8-10)19-16(12-5-6-12)9-14(18-19)11-3-4-11/h2,7-9,11-12H,3-6H2,1H3. The summed E-state index contributed by atoms with van der Waals surface area (Å²) in [5, 5.41) is 4.67. The molecule has 2 aliphatic carbocycles. The van der Waals surface area contributed by atoms with E-state index in [2.05, 4.69) is 11.2 Å². The summed E-state index contributed by atoms with van der Waals surface area (Å²) in [6.45, 7) is 1.91. The lowest BCUT2D eigenvalue weighted by molar-refractivity contribution is 0.604. The smallest absolute Gasteiger partial charge is 0.149 e. The van der Waals surface area contributed by atoms with Crippen molar-refractivity contribution in [1.82, 2.24) is 9.78 Å². The fourth-order valence-corrected chi connectivity index (χ4v) is 2.64. The molecule has 0 atom stereocenters. The van der Waals surface area contributed by atoms with Crippen LogP contribution in [-0.2, 0) is 0 Å². The third-order valence-corrected chi connectivity index (χ3v) is 4.08. The molecule has 4 rings (SSSR count). The third-order valence-electron chi connectivity index (χ3n) is 4.08. The lowest BCUT2D eigenvalue weighted by Crippen LogP contribution is -2.04. The number of halogens is 1. The normalized spacial score (nSPS) is 18.8. The van der Waals surface area contributed by atoms with Crippen LogP contribution in [0.4, 0.5) is 4.39 Å². The molecule has 1 heterocycles. The van der Waals surface area contributed by atoms with E-state index < -0.39 is 0 Å². The molecule has 2 saturated carbocycles. The van der Waals surface area contributed by atoms with E-state index >= 15 is 0 Å². The van der Waals surface area contributed by atoms with Crippen LogP contribution in [-0.4, -0.2) is 9.78 Å². The van der Waals surface area contributed by atoms with Crippen molar-refractivity contribution in [1.29, 1.82) is 0 Å². The second-order valence-corrected chi connectivity index (χ2v) is 5.91. The van der Waals surface area contributed by atoms with Crippen molar-refractivity contribution >= 4 is 0 Å². The fraction of sp³-hybridized carbons (Fsp3) is 0.438. The summed E-state index contributed by atoms with van der Waals surface area (Å²) in [6, 6.07) is 7.59. The van der Waals surface area contributed by atoms with Crippen molar-refractivity contribution in [3.8, 4) is 5.69 Å². The van der Waals surface area contributed by atoms with Crippen LogP contribution in [0.3, 0.4) is 0 Å². The van der Waals surface area contributed by atoms with Crippen molar-refractivity contribution in [2.75, 3.05) is 0 Å². The van der Waals surface area contributed by atoms with Crippen LogP contribution < -0.4 is 0 Å². The van der Waals surface area contributed by atoms with Gasteiger partial charge in [0, 0.05) is 17.5 Å². The summed E-state index contributed by atoms with van der Waals surface area (Å²) in [7, 11) is 0. The van der Waals surface area contributed by atoms with Gasteiger partial charge in [0.1, 0.15) is 11.5 Å². The van der Waals surface area contributed by atoms with Crippen LogP contribution >= 0.6 is 0 Å². The Bertz CT molecular complexity index is 636. The molecule has 0 radical (unpaired) electrons. The topological polar surface area (TPSA) is 17.8 Å². The predicted molar refractivity (Wildman–Crippen MR) is 72.2 cm³/mol. The minimum Gasteiger partial charge on any atom is -0.234 e. The van der Waals surface area contributed by atoms with E-state index in [-0.39, 0.29) is 5.82 Å². The van der Waals surface area contributed by atoms with Gasteiger partial charge in [0.05, 0.1) is 5.69 Å². The van der Waals surface area contributed by atoms with Crippen LogP contribution in [0, 0.1) is 12.7 Å². The molecule has 2 nitrogen and oxygen atoms in total. The Morgan fingerprint density at radius 2 is 1.84 bits per heavy atom. The van der Waals surface area contributed by atoms with Crippen LogP contribution in [0.2, 0.25) is 0 Å². The van der Waals surface area contributed by atoms with Crippen molar-refractivity contribution < 1.29 is 4.39 Å². The number of aromatic nitrogens is 2. The second-order valence-electron chi connectivity index (χ2n) is 5.91. The van der Waals surface area contributed by atoms with Gasteiger partial charge >= 0.3 is 0 Å². The lowest BCUT2D eigenvalue weighted by Gasteiger charge is -2.08. The quantitative estimate of drug-likeness (QED) is 0.809. The molecule has 0 saturated heterocycles. The molecule has 0 bridgehead atoms. The van der Waals surface area contributed by atoms with E-state index in [4.69, 9.17) is 0 Å². The number of hydrogen-bond acceptors (Lipinski definition) is 1. The number of benzene rings is 1. The van der Waals surface area contributed by atoms with Gasteiger partial charge in [-0.2, -0.15) is 5.10 Å².